The predicted molar refractivity (Wildman–Crippen MR) is 63.4 cm³/mol. The van der Waals surface area contributed by atoms with Crippen molar-refractivity contribution < 1.29 is 50.8 Å². The number of aliphatic hydroxyl groups is 9. The van der Waals surface area contributed by atoms with Crippen LogP contribution in [0, 0.1) is 0 Å². The minimum atomic E-state index is -1.86. The summed E-state index contributed by atoms with van der Waals surface area (Å²) >= 11 is 0. The minimum Gasteiger partial charge on any atom is -0.394 e. The van der Waals surface area contributed by atoms with Crippen LogP contribution < -0.4 is 0 Å². The average molecular weight is 302 g/mol. The maximum absolute atomic E-state index is 10.5. The molecule has 0 aliphatic rings. The van der Waals surface area contributed by atoms with E-state index in [2.05, 4.69) is 0 Å². The van der Waals surface area contributed by atoms with Crippen molar-refractivity contribution in [3.05, 3.63) is 0 Å². The molecule has 10 heteroatoms. The number of rotatable bonds is 8. The van der Waals surface area contributed by atoms with Gasteiger partial charge in [0.15, 0.2) is 5.78 Å². The van der Waals surface area contributed by atoms with Crippen LogP contribution in [0.1, 0.15) is 0 Å². The Morgan fingerprint density at radius 3 is 1.30 bits per heavy atom. The summed E-state index contributed by atoms with van der Waals surface area (Å²) in [5, 5.41) is 76.2. The maximum Gasteiger partial charge on any atom is 0.189 e. The zero-order chi connectivity index (χ0) is 16.3. The van der Waals surface area contributed by atoms with Crippen LogP contribution in [0.25, 0.3) is 0 Å². The Labute approximate surface area is 114 Å². The molecule has 0 aromatic rings. The van der Waals surface area contributed by atoms with E-state index >= 15 is 0 Å². The summed E-state index contributed by atoms with van der Waals surface area (Å²) in [5.41, 5.74) is 0. The van der Waals surface area contributed by atoms with Gasteiger partial charge >= 0.3 is 0 Å². The molecule has 0 aromatic carbocycles. The monoisotopic (exact) mass is 302 g/mol. The second-order valence-corrected chi connectivity index (χ2v) is 3.81. The highest BCUT2D eigenvalue weighted by Crippen LogP contribution is 2.00. The number of hydrogen-bond acceptors (Lipinski definition) is 10. The predicted octanol–water partition coefficient (Wildman–Crippen LogP) is -5.68. The molecule has 0 rings (SSSR count). The molecule has 9 N–H and O–H groups in total. The van der Waals surface area contributed by atoms with Gasteiger partial charge in [0.05, 0.1) is 19.8 Å². The number of carbonyl (C=O) groups is 1. The van der Waals surface area contributed by atoms with Crippen molar-refractivity contribution in [2.75, 3.05) is 26.4 Å². The Morgan fingerprint density at radius 1 is 0.700 bits per heavy atom. The Balaban J connectivity index is 0. The van der Waals surface area contributed by atoms with E-state index in [0.717, 1.165) is 0 Å². The van der Waals surface area contributed by atoms with Gasteiger partial charge in [-0.2, -0.15) is 0 Å². The second kappa shape index (κ2) is 12.1. The Bertz CT molecular complexity index is 240. The van der Waals surface area contributed by atoms with E-state index < -0.39 is 62.7 Å². The third kappa shape index (κ3) is 8.47. The standard InChI is InChI=1S/C6H12O6.C4H10O4/c7-1-3(9)5(11)6(12)4(10)2-8;5-1-3(7)4(8)2-6/h3,5-9,11-12H,1-2H2;3-8H,1-2H2/t3-,5+,6+;3-,4-/m11/s1. The molecule has 0 aromatic heterocycles. The molecule has 122 valence electrons. The Morgan fingerprint density at radius 2 is 1.05 bits per heavy atom. The van der Waals surface area contributed by atoms with Crippen LogP contribution in [0.3, 0.4) is 0 Å². The van der Waals surface area contributed by atoms with Gasteiger partial charge in [0, 0.05) is 0 Å². The van der Waals surface area contributed by atoms with Gasteiger partial charge in [-0.1, -0.05) is 0 Å². The average Bonchev–Trinajstić information content (AvgIpc) is 2.50. The molecule has 0 bridgehead atoms. The fourth-order valence-corrected chi connectivity index (χ4v) is 0.846. The molecule has 0 radical (unpaired) electrons. The third-order valence-corrected chi connectivity index (χ3v) is 2.21. The van der Waals surface area contributed by atoms with E-state index in [1.807, 2.05) is 0 Å². The van der Waals surface area contributed by atoms with Gasteiger partial charge in [0.2, 0.25) is 0 Å². The van der Waals surface area contributed by atoms with Crippen molar-refractivity contribution in [3.63, 3.8) is 0 Å². The topological polar surface area (TPSA) is 199 Å². The first kappa shape index (κ1) is 21.6. The molecule has 0 spiro atoms. The number of ketones is 1. The summed E-state index contributed by atoms with van der Waals surface area (Å²) < 4.78 is 0. The van der Waals surface area contributed by atoms with Gasteiger partial charge in [0.1, 0.15) is 37.1 Å². The van der Waals surface area contributed by atoms with E-state index in [0.29, 0.717) is 0 Å². The minimum absolute atomic E-state index is 0.526. The molecule has 5 atom stereocenters. The highest BCUT2D eigenvalue weighted by atomic mass is 16.4. The van der Waals surface area contributed by atoms with Crippen molar-refractivity contribution in [2.24, 2.45) is 0 Å². The van der Waals surface area contributed by atoms with Crippen molar-refractivity contribution in [1.29, 1.82) is 0 Å². The third-order valence-electron chi connectivity index (χ3n) is 2.21. The van der Waals surface area contributed by atoms with E-state index in [4.69, 9.17) is 46.0 Å². The molecular weight excluding hydrogens is 280 g/mol. The van der Waals surface area contributed by atoms with Gasteiger partial charge in [-0.15, -0.1) is 0 Å². The van der Waals surface area contributed by atoms with E-state index in [1.165, 1.54) is 0 Å². The molecular formula is C10H22O10. The van der Waals surface area contributed by atoms with Crippen LogP contribution >= 0.6 is 0 Å². The summed E-state index contributed by atoms with van der Waals surface area (Å²) in [4.78, 5) is 10.5. The molecule has 10 nitrogen and oxygen atoms in total. The lowest BCUT2D eigenvalue weighted by molar-refractivity contribution is -0.142. The number of Topliss-reactive ketones (excluding diaryl/α,β-unsaturated/α-hetero) is 1. The first-order valence-corrected chi connectivity index (χ1v) is 5.63. The van der Waals surface area contributed by atoms with Crippen LogP contribution in [-0.4, -0.2) is 109 Å². The van der Waals surface area contributed by atoms with Crippen LogP contribution in [0.5, 0.6) is 0 Å². The molecule has 0 aliphatic carbocycles. The highest BCUT2D eigenvalue weighted by molar-refractivity contribution is 5.84. The zero-order valence-corrected chi connectivity index (χ0v) is 10.6. The zero-order valence-electron chi connectivity index (χ0n) is 10.6. The molecule has 0 fully saturated rings. The van der Waals surface area contributed by atoms with Crippen molar-refractivity contribution in [1.82, 2.24) is 0 Å². The normalized spacial score (nSPS) is 18.2. The first-order valence-electron chi connectivity index (χ1n) is 5.63. The lowest BCUT2D eigenvalue weighted by Crippen LogP contribution is -2.44. The molecule has 20 heavy (non-hydrogen) atoms. The molecule has 0 heterocycles. The van der Waals surface area contributed by atoms with E-state index in [1.54, 1.807) is 0 Å². The summed E-state index contributed by atoms with van der Waals surface area (Å²) in [6, 6.07) is 0. The lowest BCUT2D eigenvalue weighted by atomic mass is 10.1. The lowest BCUT2D eigenvalue weighted by Gasteiger charge is -2.19. The van der Waals surface area contributed by atoms with Gasteiger partial charge in [0.25, 0.3) is 0 Å². The smallest absolute Gasteiger partial charge is 0.189 e. The Kier molecular flexibility index (Phi) is 13.1. The molecule has 0 unspecified atom stereocenters. The molecule has 0 saturated carbocycles. The number of aliphatic hydroxyl groups excluding tert-OH is 9. The van der Waals surface area contributed by atoms with Crippen molar-refractivity contribution in [2.45, 2.75) is 30.5 Å². The summed E-state index contributed by atoms with van der Waals surface area (Å²) in [6.45, 7) is -2.74. The van der Waals surface area contributed by atoms with Gasteiger partial charge in [-0.25, -0.2) is 0 Å². The Hall–Kier alpha value is -0.690. The molecule has 0 aliphatic heterocycles. The maximum atomic E-state index is 10.5. The largest absolute Gasteiger partial charge is 0.394 e. The molecule has 0 saturated heterocycles. The number of carbonyl (C=O) groups excluding carboxylic acids is 1. The van der Waals surface area contributed by atoms with Gasteiger partial charge in [-0.05, 0) is 0 Å². The first-order chi connectivity index (χ1) is 9.26. The van der Waals surface area contributed by atoms with E-state index in [-0.39, 0.29) is 0 Å². The summed E-state index contributed by atoms with van der Waals surface area (Å²) in [7, 11) is 0. The van der Waals surface area contributed by atoms with E-state index in [9.17, 15) is 4.79 Å². The van der Waals surface area contributed by atoms with Crippen LogP contribution in [0.15, 0.2) is 0 Å². The van der Waals surface area contributed by atoms with Crippen LogP contribution in [0.2, 0.25) is 0 Å². The van der Waals surface area contributed by atoms with Crippen molar-refractivity contribution >= 4 is 5.78 Å². The van der Waals surface area contributed by atoms with Gasteiger partial charge < -0.3 is 46.0 Å². The quantitative estimate of drug-likeness (QED) is 0.208. The summed E-state index contributed by atoms with van der Waals surface area (Å²) in [5.74, 6) is -1.00. The van der Waals surface area contributed by atoms with Crippen molar-refractivity contribution in [3.8, 4) is 0 Å². The molecule has 0 amide bonds. The highest BCUT2D eigenvalue weighted by Gasteiger charge is 2.28. The second-order valence-electron chi connectivity index (χ2n) is 3.81. The SMILES string of the molecule is O=C(CO)[C@H](O)[C@@H](O)[C@H](O)CO.OC[C@@H](O)[C@H](O)CO. The fraction of sp³-hybridized carbons (Fsp3) is 0.900. The summed E-state index contributed by atoms with van der Waals surface area (Å²) in [6.07, 6.45) is -7.66. The number of hydrogen-bond donors (Lipinski definition) is 9. The fourth-order valence-electron chi connectivity index (χ4n) is 0.846. The van der Waals surface area contributed by atoms with Crippen LogP contribution in [0.4, 0.5) is 0 Å². The van der Waals surface area contributed by atoms with Crippen LogP contribution in [-0.2, 0) is 4.79 Å². The van der Waals surface area contributed by atoms with Gasteiger partial charge in [-0.3, -0.25) is 4.79 Å².